The highest BCUT2D eigenvalue weighted by atomic mass is 35.5. The second kappa shape index (κ2) is 5.41. The summed E-state index contributed by atoms with van der Waals surface area (Å²) in [4.78, 5) is 13.7. The molecule has 0 aliphatic carbocycles. The molecular formula is C13H16ClNO2. The Morgan fingerprint density at radius 2 is 2.24 bits per heavy atom. The van der Waals surface area contributed by atoms with Crippen molar-refractivity contribution in [3.63, 3.8) is 0 Å². The van der Waals surface area contributed by atoms with Crippen molar-refractivity contribution in [3.8, 4) is 5.75 Å². The summed E-state index contributed by atoms with van der Waals surface area (Å²) in [7, 11) is 0. The first kappa shape index (κ1) is 12.2. The van der Waals surface area contributed by atoms with Crippen molar-refractivity contribution in [3.05, 3.63) is 24.3 Å². The van der Waals surface area contributed by atoms with Crippen molar-refractivity contribution in [1.29, 1.82) is 0 Å². The molecule has 17 heavy (non-hydrogen) atoms. The van der Waals surface area contributed by atoms with Gasteiger partial charge < -0.3 is 9.64 Å². The predicted octanol–water partition coefficient (Wildman–Crippen LogP) is 2.68. The highest BCUT2D eigenvalue weighted by Crippen LogP contribution is 2.33. The molecule has 2 rings (SSSR count). The van der Waals surface area contributed by atoms with E-state index in [1.54, 1.807) is 4.90 Å². The smallest absolute Gasteiger partial charge is 0.227 e. The van der Waals surface area contributed by atoms with Gasteiger partial charge in [0.25, 0.3) is 0 Å². The summed E-state index contributed by atoms with van der Waals surface area (Å²) in [5.74, 6) is 1.67. The van der Waals surface area contributed by atoms with Crippen LogP contribution >= 0.6 is 11.6 Å². The van der Waals surface area contributed by atoms with E-state index in [1.807, 2.05) is 31.2 Å². The van der Waals surface area contributed by atoms with Gasteiger partial charge in [0, 0.05) is 18.8 Å². The highest BCUT2D eigenvalue weighted by molar-refractivity contribution is 6.18. The number of nitrogens with zero attached hydrogens (tertiary/aromatic N) is 1. The molecule has 1 unspecified atom stereocenters. The van der Waals surface area contributed by atoms with Crippen LogP contribution in [-0.4, -0.2) is 24.9 Å². The van der Waals surface area contributed by atoms with Gasteiger partial charge in [-0.25, -0.2) is 0 Å². The Morgan fingerprint density at radius 3 is 2.88 bits per heavy atom. The van der Waals surface area contributed by atoms with Crippen molar-refractivity contribution in [2.45, 2.75) is 13.3 Å². The number of rotatable bonds is 4. The molecule has 4 heteroatoms. The van der Waals surface area contributed by atoms with E-state index in [0.717, 1.165) is 11.4 Å². The van der Waals surface area contributed by atoms with Gasteiger partial charge in [-0.05, 0) is 25.0 Å². The summed E-state index contributed by atoms with van der Waals surface area (Å²) >= 11 is 5.82. The molecule has 1 aliphatic heterocycles. The van der Waals surface area contributed by atoms with E-state index in [2.05, 4.69) is 0 Å². The fourth-order valence-electron chi connectivity index (χ4n) is 2.08. The molecule has 0 radical (unpaired) electrons. The number of anilines is 1. The lowest BCUT2D eigenvalue weighted by atomic mass is 10.1. The number of hydrogen-bond acceptors (Lipinski definition) is 2. The topological polar surface area (TPSA) is 29.5 Å². The lowest BCUT2D eigenvalue weighted by molar-refractivity contribution is -0.117. The van der Waals surface area contributed by atoms with Crippen LogP contribution in [0.5, 0.6) is 5.75 Å². The van der Waals surface area contributed by atoms with E-state index in [4.69, 9.17) is 16.3 Å². The number of amides is 1. The maximum Gasteiger partial charge on any atom is 0.227 e. The van der Waals surface area contributed by atoms with Gasteiger partial charge in [-0.3, -0.25) is 4.79 Å². The molecule has 1 aliphatic rings. The van der Waals surface area contributed by atoms with Gasteiger partial charge >= 0.3 is 0 Å². The van der Waals surface area contributed by atoms with E-state index in [1.165, 1.54) is 0 Å². The Bertz CT molecular complexity index is 408. The van der Waals surface area contributed by atoms with Crippen molar-refractivity contribution in [2.75, 3.05) is 23.9 Å². The number of para-hydroxylation sites is 2. The molecule has 0 spiro atoms. The molecule has 0 aromatic heterocycles. The van der Waals surface area contributed by atoms with Gasteiger partial charge in [0.2, 0.25) is 5.91 Å². The van der Waals surface area contributed by atoms with E-state index < -0.39 is 0 Å². The Morgan fingerprint density at radius 1 is 1.47 bits per heavy atom. The van der Waals surface area contributed by atoms with Crippen molar-refractivity contribution in [2.24, 2.45) is 5.92 Å². The molecule has 0 saturated carbocycles. The largest absolute Gasteiger partial charge is 0.492 e. The highest BCUT2D eigenvalue weighted by Gasteiger charge is 2.31. The van der Waals surface area contributed by atoms with Crippen LogP contribution in [-0.2, 0) is 4.79 Å². The Hall–Kier alpha value is -1.22. The fraction of sp³-hybridized carbons (Fsp3) is 0.462. The second-order valence-electron chi connectivity index (χ2n) is 4.13. The van der Waals surface area contributed by atoms with Crippen LogP contribution in [0.3, 0.4) is 0 Å². The van der Waals surface area contributed by atoms with Crippen molar-refractivity contribution < 1.29 is 9.53 Å². The first-order chi connectivity index (χ1) is 8.26. The molecule has 0 N–H and O–H groups in total. The van der Waals surface area contributed by atoms with Crippen LogP contribution < -0.4 is 9.64 Å². The Balaban J connectivity index is 2.25. The van der Waals surface area contributed by atoms with Gasteiger partial charge in [-0.2, -0.15) is 0 Å². The quantitative estimate of drug-likeness (QED) is 0.772. The minimum absolute atomic E-state index is 0.128. The molecule has 0 bridgehead atoms. The number of alkyl halides is 1. The summed E-state index contributed by atoms with van der Waals surface area (Å²) < 4.78 is 5.54. The molecule has 1 aromatic carbocycles. The zero-order valence-corrected chi connectivity index (χ0v) is 10.6. The van der Waals surface area contributed by atoms with Gasteiger partial charge in [0.15, 0.2) is 0 Å². The Labute approximate surface area is 106 Å². The third kappa shape index (κ3) is 2.55. The van der Waals surface area contributed by atoms with Gasteiger partial charge in [0.1, 0.15) is 5.75 Å². The number of benzene rings is 1. The molecule has 1 amide bonds. The minimum atomic E-state index is 0.128. The summed E-state index contributed by atoms with van der Waals surface area (Å²) in [6, 6.07) is 7.63. The van der Waals surface area contributed by atoms with Crippen molar-refractivity contribution in [1.82, 2.24) is 0 Å². The maximum absolute atomic E-state index is 11.9. The van der Waals surface area contributed by atoms with Crippen LogP contribution in [0.4, 0.5) is 5.69 Å². The second-order valence-corrected chi connectivity index (χ2v) is 4.44. The number of halogens is 1. The molecule has 1 saturated heterocycles. The molecule has 92 valence electrons. The van der Waals surface area contributed by atoms with Crippen LogP contribution in [0.25, 0.3) is 0 Å². The fourth-order valence-corrected chi connectivity index (χ4v) is 2.28. The predicted molar refractivity (Wildman–Crippen MR) is 68.8 cm³/mol. The average Bonchev–Trinajstić information content (AvgIpc) is 2.72. The zero-order valence-electron chi connectivity index (χ0n) is 9.86. The SMILES string of the molecule is CCOc1ccccc1N1CC(CCl)CC1=O. The molecule has 3 nitrogen and oxygen atoms in total. The van der Waals surface area contributed by atoms with Crippen LogP contribution in [0, 0.1) is 5.92 Å². The molecule has 1 fully saturated rings. The number of ether oxygens (including phenoxy) is 1. The molecule has 1 atom stereocenters. The first-order valence-corrected chi connectivity index (χ1v) is 6.37. The third-order valence-corrected chi connectivity index (χ3v) is 3.32. The van der Waals surface area contributed by atoms with Crippen LogP contribution in [0.15, 0.2) is 24.3 Å². The first-order valence-electron chi connectivity index (χ1n) is 5.84. The normalized spacial score (nSPS) is 19.8. The Kier molecular flexibility index (Phi) is 3.89. The van der Waals surface area contributed by atoms with Crippen LogP contribution in [0.2, 0.25) is 0 Å². The van der Waals surface area contributed by atoms with Crippen LogP contribution in [0.1, 0.15) is 13.3 Å². The van der Waals surface area contributed by atoms with E-state index in [9.17, 15) is 4.79 Å². The lowest BCUT2D eigenvalue weighted by Crippen LogP contribution is -2.25. The van der Waals surface area contributed by atoms with E-state index in [-0.39, 0.29) is 11.8 Å². The van der Waals surface area contributed by atoms with Crippen molar-refractivity contribution >= 4 is 23.2 Å². The third-order valence-electron chi connectivity index (χ3n) is 2.88. The number of carbonyl (C=O) groups excluding carboxylic acids is 1. The monoisotopic (exact) mass is 253 g/mol. The minimum Gasteiger partial charge on any atom is -0.492 e. The molecular weight excluding hydrogens is 238 g/mol. The number of hydrogen-bond donors (Lipinski definition) is 0. The maximum atomic E-state index is 11.9. The summed E-state index contributed by atoms with van der Waals surface area (Å²) in [5.41, 5.74) is 0.854. The van der Waals surface area contributed by atoms with Gasteiger partial charge in [0.05, 0.1) is 12.3 Å². The van der Waals surface area contributed by atoms with E-state index in [0.29, 0.717) is 25.5 Å². The summed E-state index contributed by atoms with van der Waals surface area (Å²) in [6.45, 7) is 3.22. The zero-order chi connectivity index (χ0) is 12.3. The molecule has 1 aromatic rings. The van der Waals surface area contributed by atoms with Gasteiger partial charge in [-0.15, -0.1) is 11.6 Å². The van der Waals surface area contributed by atoms with Gasteiger partial charge in [-0.1, -0.05) is 12.1 Å². The standard InChI is InChI=1S/C13H16ClNO2/c1-2-17-12-6-4-3-5-11(12)15-9-10(8-14)7-13(15)16/h3-6,10H,2,7-9H2,1H3. The summed E-state index contributed by atoms with van der Waals surface area (Å²) in [6.07, 6.45) is 0.532. The molecule has 1 heterocycles. The number of carbonyl (C=O) groups is 1. The lowest BCUT2D eigenvalue weighted by Gasteiger charge is -2.19. The summed E-state index contributed by atoms with van der Waals surface area (Å²) in [5, 5.41) is 0. The van der Waals surface area contributed by atoms with E-state index >= 15 is 0 Å². The average molecular weight is 254 g/mol.